The van der Waals surface area contributed by atoms with Crippen molar-refractivity contribution in [1.82, 2.24) is 10.2 Å². The van der Waals surface area contributed by atoms with E-state index in [4.69, 9.17) is 11.6 Å². The zero-order valence-electron chi connectivity index (χ0n) is 11.5. The summed E-state index contributed by atoms with van der Waals surface area (Å²) in [5, 5.41) is 4.01. The third-order valence-electron chi connectivity index (χ3n) is 3.93. The van der Waals surface area contributed by atoms with Crippen LogP contribution in [0.25, 0.3) is 0 Å². The number of halogens is 1. The summed E-state index contributed by atoms with van der Waals surface area (Å²) in [4.78, 5) is 14.3. The van der Waals surface area contributed by atoms with Gasteiger partial charge in [0, 0.05) is 18.6 Å². The predicted octanol–water partition coefficient (Wildman–Crippen LogP) is 2.86. The quantitative estimate of drug-likeness (QED) is 0.923. The molecule has 0 radical (unpaired) electrons. The first kappa shape index (κ1) is 14.4. The molecule has 4 heteroatoms. The van der Waals surface area contributed by atoms with Gasteiger partial charge in [-0.2, -0.15) is 0 Å². The second kappa shape index (κ2) is 6.40. The van der Waals surface area contributed by atoms with E-state index in [1.54, 1.807) is 0 Å². The van der Waals surface area contributed by atoms with Gasteiger partial charge in [0.1, 0.15) is 0 Å². The van der Waals surface area contributed by atoms with E-state index in [1.165, 1.54) is 0 Å². The van der Waals surface area contributed by atoms with Gasteiger partial charge in [-0.05, 0) is 37.9 Å². The van der Waals surface area contributed by atoms with E-state index in [0.29, 0.717) is 0 Å². The van der Waals surface area contributed by atoms with E-state index < -0.39 is 0 Å². The molecule has 3 nitrogen and oxygen atoms in total. The van der Waals surface area contributed by atoms with Crippen LogP contribution in [0.1, 0.15) is 31.4 Å². The van der Waals surface area contributed by atoms with Gasteiger partial charge < -0.3 is 10.2 Å². The number of piperidine rings is 1. The SMILES string of the molecule is C[C@H](c1ccccc1Cl)N(C)C(=O)[C@H]1CCCNC1. The molecule has 2 rings (SSSR count). The molecule has 0 aromatic heterocycles. The maximum absolute atomic E-state index is 12.5. The summed E-state index contributed by atoms with van der Waals surface area (Å²) in [5.41, 5.74) is 1.00. The molecule has 1 aromatic rings. The van der Waals surface area contributed by atoms with Crippen LogP contribution in [0.5, 0.6) is 0 Å². The smallest absolute Gasteiger partial charge is 0.227 e. The van der Waals surface area contributed by atoms with E-state index in [2.05, 4.69) is 5.32 Å². The molecule has 104 valence electrons. The highest BCUT2D eigenvalue weighted by Gasteiger charge is 2.27. The highest BCUT2D eigenvalue weighted by Crippen LogP contribution is 2.27. The molecule has 1 aromatic carbocycles. The van der Waals surface area contributed by atoms with Gasteiger partial charge in [-0.15, -0.1) is 0 Å². The van der Waals surface area contributed by atoms with Crippen LogP contribution in [-0.4, -0.2) is 30.9 Å². The summed E-state index contributed by atoms with van der Waals surface area (Å²) in [6.07, 6.45) is 2.05. The summed E-state index contributed by atoms with van der Waals surface area (Å²) in [6, 6.07) is 7.72. The molecular weight excluding hydrogens is 260 g/mol. The molecule has 0 unspecified atom stereocenters. The zero-order chi connectivity index (χ0) is 13.8. The number of hydrogen-bond donors (Lipinski definition) is 1. The number of carbonyl (C=O) groups excluding carboxylic acids is 1. The fourth-order valence-corrected chi connectivity index (χ4v) is 2.86. The minimum absolute atomic E-state index is 0.00289. The lowest BCUT2D eigenvalue weighted by Crippen LogP contribution is -2.42. The highest BCUT2D eigenvalue weighted by molar-refractivity contribution is 6.31. The maximum Gasteiger partial charge on any atom is 0.227 e. The molecular formula is C15H21ClN2O. The molecule has 2 atom stereocenters. The first-order valence-corrected chi connectivity index (χ1v) is 7.21. The monoisotopic (exact) mass is 280 g/mol. The Morgan fingerprint density at radius 3 is 2.84 bits per heavy atom. The lowest BCUT2D eigenvalue weighted by Gasteiger charge is -2.31. The fraction of sp³-hybridized carbons (Fsp3) is 0.533. The van der Waals surface area contributed by atoms with Gasteiger partial charge in [-0.25, -0.2) is 0 Å². The van der Waals surface area contributed by atoms with Crippen LogP contribution < -0.4 is 5.32 Å². The largest absolute Gasteiger partial charge is 0.339 e. The van der Waals surface area contributed by atoms with Crippen molar-refractivity contribution in [3.05, 3.63) is 34.9 Å². The van der Waals surface area contributed by atoms with Gasteiger partial charge >= 0.3 is 0 Å². The average Bonchev–Trinajstić information content (AvgIpc) is 2.46. The Morgan fingerprint density at radius 1 is 1.47 bits per heavy atom. The summed E-state index contributed by atoms with van der Waals surface area (Å²) in [6.45, 7) is 3.83. The minimum Gasteiger partial charge on any atom is -0.339 e. The van der Waals surface area contributed by atoms with Crippen molar-refractivity contribution in [2.45, 2.75) is 25.8 Å². The van der Waals surface area contributed by atoms with Gasteiger partial charge in [0.2, 0.25) is 5.91 Å². The molecule has 1 saturated heterocycles. The molecule has 1 aliphatic rings. The molecule has 19 heavy (non-hydrogen) atoms. The Bertz CT molecular complexity index is 444. The normalized spacial score (nSPS) is 20.9. The van der Waals surface area contributed by atoms with Gasteiger partial charge in [0.15, 0.2) is 0 Å². The molecule has 1 N–H and O–H groups in total. The Labute approximate surface area is 119 Å². The molecule has 1 aliphatic heterocycles. The van der Waals surface area contributed by atoms with Gasteiger partial charge in [0.05, 0.1) is 12.0 Å². The molecule has 1 amide bonds. The maximum atomic E-state index is 12.5. The summed E-state index contributed by atoms with van der Waals surface area (Å²) in [5.74, 6) is 0.309. The van der Waals surface area contributed by atoms with Crippen LogP contribution in [0.15, 0.2) is 24.3 Å². The van der Waals surface area contributed by atoms with E-state index in [9.17, 15) is 4.79 Å². The molecule has 0 aliphatic carbocycles. The first-order valence-electron chi connectivity index (χ1n) is 6.83. The Kier molecular flexibility index (Phi) is 4.83. The second-order valence-corrected chi connectivity index (χ2v) is 5.60. The van der Waals surface area contributed by atoms with E-state index in [0.717, 1.165) is 36.5 Å². The van der Waals surface area contributed by atoms with E-state index in [1.807, 2.05) is 43.1 Å². The lowest BCUT2D eigenvalue weighted by molar-refractivity contribution is -0.136. The number of nitrogens with one attached hydrogen (secondary N) is 1. The molecule has 1 heterocycles. The molecule has 1 fully saturated rings. The van der Waals surface area contributed by atoms with Crippen molar-refractivity contribution in [3.63, 3.8) is 0 Å². The highest BCUT2D eigenvalue weighted by atomic mass is 35.5. The van der Waals surface area contributed by atoms with Crippen molar-refractivity contribution in [2.24, 2.45) is 5.92 Å². The Balaban J connectivity index is 2.08. The third-order valence-corrected chi connectivity index (χ3v) is 4.27. The van der Waals surface area contributed by atoms with Crippen molar-refractivity contribution < 1.29 is 4.79 Å². The summed E-state index contributed by atoms with van der Waals surface area (Å²) in [7, 11) is 1.87. The number of rotatable bonds is 3. The van der Waals surface area contributed by atoms with Crippen molar-refractivity contribution in [2.75, 3.05) is 20.1 Å². The van der Waals surface area contributed by atoms with Crippen LogP contribution in [0.4, 0.5) is 0 Å². The van der Waals surface area contributed by atoms with Gasteiger partial charge in [-0.3, -0.25) is 4.79 Å². The van der Waals surface area contributed by atoms with Crippen molar-refractivity contribution in [3.8, 4) is 0 Å². The van der Waals surface area contributed by atoms with Crippen molar-refractivity contribution in [1.29, 1.82) is 0 Å². The van der Waals surface area contributed by atoms with E-state index in [-0.39, 0.29) is 17.9 Å². The van der Waals surface area contributed by atoms with Crippen molar-refractivity contribution >= 4 is 17.5 Å². The van der Waals surface area contributed by atoms with E-state index >= 15 is 0 Å². The number of benzene rings is 1. The predicted molar refractivity (Wildman–Crippen MR) is 78.2 cm³/mol. The molecule has 0 bridgehead atoms. The number of carbonyl (C=O) groups is 1. The number of nitrogens with zero attached hydrogens (tertiary/aromatic N) is 1. The summed E-state index contributed by atoms with van der Waals surface area (Å²) < 4.78 is 0. The van der Waals surface area contributed by atoms with Crippen LogP contribution in [0, 0.1) is 5.92 Å². The van der Waals surface area contributed by atoms with Gasteiger partial charge in [-0.1, -0.05) is 29.8 Å². The average molecular weight is 281 g/mol. The van der Waals surface area contributed by atoms with Gasteiger partial charge in [0.25, 0.3) is 0 Å². The molecule has 0 saturated carbocycles. The van der Waals surface area contributed by atoms with Crippen LogP contribution in [0.2, 0.25) is 5.02 Å². The zero-order valence-corrected chi connectivity index (χ0v) is 12.3. The van der Waals surface area contributed by atoms with Crippen LogP contribution in [-0.2, 0) is 4.79 Å². The number of hydrogen-bond acceptors (Lipinski definition) is 2. The van der Waals surface area contributed by atoms with Crippen LogP contribution in [0.3, 0.4) is 0 Å². The Hall–Kier alpha value is -1.06. The first-order chi connectivity index (χ1) is 9.11. The Morgan fingerprint density at radius 2 is 2.21 bits per heavy atom. The third kappa shape index (κ3) is 3.28. The fourth-order valence-electron chi connectivity index (χ4n) is 2.56. The topological polar surface area (TPSA) is 32.3 Å². The van der Waals surface area contributed by atoms with Crippen LogP contribution >= 0.6 is 11.6 Å². The standard InChI is InChI=1S/C15H21ClN2O/c1-11(13-7-3-4-8-14(13)16)18(2)15(19)12-6-5-9-17-10-12/h3-4,7-8,11-12,17H,5-6,9-10H2,1-2H3/t11-,12+/m1/s1. The minimum atomic E-state index is 0.00289. The second-order valence-electron chi connectivity index (χ2n) is 5.19. The molecule has 0 spiro atoms. The number of amides is 1. The lowest BCUT2D eigenvalue weighted by atomic mass is 9.97. The summed E-state index contributed by atoms with van der Waals surface area (Å²) >= 11 is 6.20.